The normalized spacial score (nSPS) is 11.4. The average molecular weight is 646 g/mol. The zero-order valence-electron chi connectivity index (χ0n) is 23.2. The van der Waals surface area contributed by atoms with Crippen LogP contribution in [-0.2, 0) is 0 Å². The summed E-state index contributed by atoms with van der Waals surface area (Å²) in [5, 5.41) is 6.32. The minimum absolute atomic E-state index is 0.0894. The van der Waals surface area contributed by atoms with E-state index in [1.807, 2.05) is 60.7 Å². The van der Waals surface area contributed by atoms with Gasteiger partial charge < -0.3 is 8.83 Å². The largest absolute Gasteiger partial charge is 0.438 e. The van der Waals surface area contributed by atoms with Crippen molar-refractivity contribution in [3.63, 3.8) is 0 Å². The molecule has 0 unspecified atom stereocenters. The molecule has 0 spiro atoms. The molecule has 0 aliphatic carbocycles. The maximum Gasteiger partial charge on any atom is 0.233 e. The number of halogens is 3. The van der Waals surface area contributed by atoms with Crippen molar-refractivity contribution in [2.24, 2.45) is 0 Å². The zero-order valence-corrected chi connectivity index (χ0v) is 25.5. The van der Waals surface area contributed by atoms with Crippen molar-refractivity contribution in [2.45, 2.75) is 0 Å². The van der Waals surface area contributed by atoms with Gasteiger partial charge in [-0.1, -0.05) is 115 Å². The topological polar surface area (TPSA) is 77.8 Å². The number of fused-ring (bicyclic) bond motifs is 7. The van der Waals surface area contributed by atoms with Crippen molar-refractivity contribution in [3.8, 4) is 22.4 Å². The Morgan fingerprint density at radius 2 is 0.911 bits per heavy atom. The molecule has 0 saturated carbocycles. The number of para-hydroxylation sites is 2. The number of rotatable bonds is 2. The third-order valence-electron chi connectivity index (χ3n) is 7.64. The number of benzene rings is 5. The molecule has 0 amide bonds. The molecule has 0 aliphatic heterocycles. The summed E-state index contributed by atoms with van der Waals surface area (Å²) >= 11 is 18.0. The van der Waals surface area contributed by atoms with Crippen LogP contribution < -0.4 is 0 Å². The molecular formula is C36H19Cl3N4O2. The lowest BCUT2D eigenvalue weighted by Crippen LogP contribution is -1.92. The van der Waals surface area contributed by atoms with Gasteiger partial charge in [-0.15, -0.1) is 0 Å². The number of furan rings is 2. The van der Waals surface area contributed by atoms with Crippen LogP contribution in [0, 0.1) is 0 Å². The molecule has 0 bridgehead atoms. The minimum Gasteiger partial charge on any atom is -0.438 e. The van der Waals surface area contributed by atoms with Crippen molar-refractivity contribution in [1.29, 1.82) is 0 Å². The first kappa shape index (κ1) is 27.5. The second kappa shape index (κ2) is 11.2. The van der Waals surface area contributed by atoms with Crippen LogP contribution in [0.5, 0.6) is 0 Å². The Labute approximate surface area is 270 Å². The van der Waals surface area contributed by atoms with Gasteiger partial charge in [0.1, 0.15) is 16.3 Å². The van der Waals surface area contributed by atoms with E-state index in [0.717, 1.165) is 49.4 Å². The van der Waals surface area contributed by atoms with Crippen molar-refractivity contribution < 1.29 is 8.83 Å². The van der Waals surface area contributed by atoms with Crippen molar-refractivity contribution >= 4 is 89.7 Å². The van der Waals surface area contributed by atoms with Gasteiger partial charge in [0, 0.05) is 16.3 Å². The SMILES string of the molecule is Clc1nc(-c2ccc(-c3ccccc3)c3ccccc23)c2c(n1)oc1ccccc12.Clc1nc(Cl)c2c(n1)oc1ccccc12. The fourth-order valence-electron chi connectivity index (χ4n) is 5.72. The van der Waals surface area contributed by atoms with Gasteiger partial charge in [-0.05, 0) is 57.2 Å². The Morgan fingerprint density at radius 3 is 1.58 bits per heavy atom. The van der Waals surface area contributed by atoms with E-state index in [4.69, 9.17) is 43.6 Å². The molecule has 4 aromatic heterocycles. The second-order valence-electron chi connectivity index (χ2n) is 10.3. The van der Waals surface area contributed by atoms with E-state index >= 15 is 0 Å². The van der Waals surface area contributed by atoms with Crippen LogP contribution >= 0.6 is 34.8 Å². The first-order valence-electron chi connectivity index (χ1n) is 14.0. The molecule has 9 heteroatoms. The maximum atomic E-state index is 6.30. The lowest BCUT2D eigenvalue weighted by Gasteiger charge is -2.12. The number of hydrogen-bond donors (Lipinski definition) is 0. The Hall–Kier alpha value is -5.01. The van der Waals surface area contributed by atoms with E-state index < -0.39 is 0 Å². The Morgan fingerprint density at radius 1 is 0.422 bits per heavy atom. The summed E-state index contributed by atoms with van der Waals surface area (Å²) in [6.45, 7) is 0. The highest BCUT2D eigenvalue weighted by atomic mass is 35.5. The van der Waals surface area contributed by atoms with Crippen LogP contribution in [0.2, 0.25) is 15.7 Å². The predicted molar refractivity (Wildman–Crippen MR) is 182 cm³/mol. The molecule has 216 valence electrons. The molecular weight excluding hydrogens is 627 g/mol. The molecule has 9 aromatic rings. The first-order chi connectivity index (χ1) is 22.0. The highest BCUT2D eigenvalue weighted by Crippen LogP contribution is 2.40. The van der Waals surface area contributed by atoms with Gasteiger partial charge >= 0.3 is 0 Å². The lowest BCUT2D eigenvalue weighted by atomic mass is 9.93. The van der Waals surface area contributed by atoms with E-state index in [9.17, 15) is 0 Å². The van der Waals surface area contributed by atoms with Gasteiger partial charge in [0.15, 0.2) is 0 Å². The molecule has 6 nitrogen and oxygen atoms in total. The fourth-order valence-corrected chi connectivity index (χ4v) is 6.35. The smallest absolute Gasteiger partial charge is 0.233 e. The van der Waals surface area contributed by atoms with Crippen LogP contribution in [0.3, 0.4) is 0 Å². The number of aromatic nitrogens is 4. The molecule has 0 atom stereocenters. The molecule has 0 radical (unpaired) electrons. The van der Waals surface area contributed by atoms with Crippen LogP contribution in [0.4, 0.5) is 0 Å². The molecule has 45 heavy (non-hydrogen) atoms. The standard InChI is InChI=1S/C26H15ClN2O.C10H4Cl2N2O/c27-26-28-24(23-21-12-6-7-13-22(21)30-25(23)29-26)20-15-14-17(16-8-2-1-3-9-16)18-10-4-5-11-19(18)20;11-8-7-5-3-1-2-4-6(5)15-9(7)14-10(12)13-8/h1-15H;1-4H. The van der Waals surface area contributed by atoms with Crippen LogP contribution in [0.1, 0.15) is 0 Å². The number of nitrogens with zero attached hydrogens (tertiary/aromatic N) is 4. The Balaban J connectivity index is 0.000000168. The molecule has 0 fully saturated rings. The van der Waals surface area contributed by atoms with E-state index in [0.29, 0.717) is 22.0 Å². The molecule has 0 N–H and O–H groups in total. The molecule has 0 saturated heterocycles. The quantitative estimate of drug-likeness (QED) is 0.137. The van der Waals surface area contributed by atoms with E-state index in [-0.39, 0.29) is 10.6 Å². The van der Waals surface area contributed by atoms with Gasteiger partial charge in [-0.3, -0.25) is 0 Å². The summed E-state index contributed by atoms with van der Waals surface area (Å²) in [5.74, 6) is 0. The molecule has 9 rings (SSSR count). The molecule has 0 aliphatic rings. The number of hydrogen-bond acceptors (Lipinski definition) is 6. The summed E-state index contributed by atoms with van der Waals surface area (Å²) in [4.78, 5) is 16.8. The van der Waals surface area contributed by atoms with Crippen LogP contribution in [0.15, 0.2) is 124 Å². The Bertz CT molecular complexity index is 2550. The molecule has 5 aromatic carbocycles. The van der Waals surface area contributed by atoms with Gasteiger partial charge in [0.25, 0.3) is 0 Å². The third kappa shape index (κ3) is 4.84. The second-order valence-corrected chi connectivity index (χ2v) is 11.3. The predicted octanol–water partition coefficient (Wildman–Crippen LogP) is 11.2. The van der Waals surface area contributed by atoms with E-state index in [1.54, 1.807) is 0 Å². The highest BCUT2D eigenvalue weighted by molar-refractivity contribution is 6.37. The highest BCUT2D eigenvalue weighted by Gasteiger charge is 2.19. The lowest BCUT2D eigenvalue weighted by molar-refractivity contribution is 0.652. The van der Waals surface area contributed by atoms with E-state index in [1.165, 1.54) is 11.1 Å². The third-order valence-corrected chi connectivity index (χ3v) is 8.25. The van der Waals surface area contributed by atoms with Crippen LogP contribution in [0.25, 0.3) is 77.3 Å². The van der Waals surface area contributed by atoms with E-state index in [2.05, 4.69) is 74.5 Å². The van der Waals surface area contributed by atoms with Crippen molar-refractivity contribution in [1.82, 2.24) is 19.9 Å². The summed E-state index contributed by atoms with van der Waals surface area (Å²) in [6.07, 6.45) is 0. The van der Waals surface area contributed by atoms with Gasteiger partial charge in [0.05, 0.1) is 16.5 Å². The van der Waals surface area contributed by atoms with Gasteiger partial charge in [-0.25, -0.2) is 9.97 Å². The summed E-state index contributed by atoms with van der Waals surface area (Å²) in [5.41, 5.74) is 6.57. The summed E-state index contributed by atoms with van der Waals surface area (Å²) in [7, 11) is 0. The van der Waals surface area contributed by atoms with Gasteiger partial charge in [0.2, 0.25) is 22.0 Å². The van der Waals surface area contributed by atoms with Crippen LogP contribution in [-0.4, -0.2) is 19.9 Å². The van der Waals surface area contributed by atoms with Crippen molar-refractivity contribution in [2.75, 3.05) is 0 Å². The summed E-state index contributed by atoms with van der Waals surface area (Å²) in [6, 6.07) is 38.5. The van der Waals surface area contributed by atoms with Crippen molar-refractivity contribution in [3.05, 3.63) is 131 Å². The minimum atomic E-state index is 0.0894. The Kier molecular flexibility index (Phi) is 6.83. The van der Waals surface area contributed by atoms with Gasteiger partial charge in [-0.2, -0.15) is 9.97 Å². The summed E-state index contributed by atoms with van der Waals surface area (Å²) < 4.78 is 11.5. The first-order valence-corrected chi connectivity index (χ1v) is 15.1. The monoisotopic (exact) mass is 644 g/mol. The fraction of sp³-hybridized carbons (Fsp3) is 0. The molecule has 4 heterocycles. The maximum absolute atomic E-state index is 6.30. The zero-order chi connectivity index (χ0) is 30.5. The average Bonchev–Trinajstić information content (AvgIpc) is 3.62.